The summed E-state index contributed by atoms with van der Waals surface area (Å²) in [5, 5.41) is 0. The van der Waals surface area contributed by atoms with Gasteiger partial charge in [-0.15, -0.1) is 0 Å². The van der Waals surface area contributed by atoms with Crippen molar-refractivity contribution in [3.63, 3.8) is 0 Å². The van der Waals surface area contributed by atoms with Crippen molar-refractivity contribution >= 4 is 12.7 Å². The fraction of sp³-hybridized carbons (Fsp3) is 0.211. The van der Waals surface area contributed by atoms with Gasteiger partial charge in [0.25, 0.3) is 0 Å². The van der Waals surface area contributed by atoms with Crippen molar-refractivity contribution in [2.75, 3.05) is 0 Å². The Morgan fingerprint density at radius 1 is 1.00 bits per heavy atom. The molecule has 0 unspecified atom stereocenters. The molecule has 1 heterocycles. The molecule has 1 aromatic heterocycles. The van der Waals surface area contributed by atoms with E-state index in [1.54, 1.807) is 18.7 Å². The van der Waals surface area contributed by atoms with Crippen molar-refractivity contribution in [1.29, 1.82) is 0 Å². The summed E-state index contributed by atoms with van der Waals surface area (Å²) in [5.74, 6) is 0. The van der Waals surface area contributed by atoms with E-state index in [-0.39, 0.29) is 0 Å². The largest absolute Gasteiger partial charge is 0.351 e. The van der Waals surface area contributed by atoms with Crippen LogP contribution in [0.2, 0.25) is 6.32 Å². The monoisotopic (exact) mass is 290 g/mol. The zero-order valence-electron chi connectivity index (χ0n) is 13.4. The first-order valence-corrected chi connectivity index (χ1v) is 7.78. The van der Waals surface area contributed by atoms with E-state index in [2.05, 4.69) is 72.3 Å². The standard InChI is InChI=1S/C16H19B.C3H4N2/c1-13-7-9-15(10-8-13)11-12-17-16-6-4-3-5-14(16)2;1-2-5-3-4-1/h3-10,17H,11-12H2,1-2H3;1-3H,(H,4,5). The van der Waals surface area contributed by atoms with Crippen LogP contribution < -0.4 is 5.46 Å². The lowest BCUT2D eigenvalue weighted by Gasteiger charge is -2.04. The SMILES string of the molecule is Cc1ccc(CCBc2ccccc2C)cc1.c1c[nH]cn1. The Morgan fingerprint density at radius 2 is 1.77 bits per heavy atom. The molecule has 3 rings (SSSR count). The molecule has 3 heteroatoms. The Morgan fingerprint density at radius 3 is 2.36 bits per heavy atom. The number of aromatic nitrogens is 2. The minimum Gasteiger partial charge on any atom is -0.351 e. The van der Waals surface area contributed by atoms with Gasteiger partial charge in [0.2, 0.25) is 0 Å². The molecular weight excluding hydrogens is 267 g/mol. The lowest BCUT2D eigenvalue weighted by molar-refractivity contribution is 1.12. The van der Waals surface area contributed by atoms with Gasteiger partial charge in [0.1, 0.15) is 0 Å². The molecule has 0 aliphatic rings. The second-order valence-corrected chi connectivity index (χ2v) is 5.53. The van der Waals surface area contributed by atoms with Gasteiger partial charge < -0.3 is 4.98 Å². The third kappa shape index (κ3) is 5.61. The van der Waals surface area contributed by atoms with Gasteiger partial charge in [-0.25, -0.2) is 4.98 Å². The molecule has 2 nitrogen and oxygen atoms in total. The summed E-state index contributed by atoms with van der Waals surface area (Å²) in [7, 11) is 1.18. The fourth-order valence-electron chi connectivity index (χ4n) is 2.34. The van der Waals surface area contributed by atoms with Crippen molar-refractivity contribution in [2.45, 2.75) is 26.6 Å². The molecule has 112 valence electrons. The number of hydrogen-bond acceptors (Lipinski definition) is 1. The molecule has 0 aliphatic carbocycles. The maximum Gasteiger partial charge on any atom is 0.158 e. The molecule has 1 N–H and O–H groups in total. The van der Waals surface area contributed by atoms with E-state index in [9.17, 15) is 0 Å². The number of imidazole rings is 1. The van der Waals surface area contributed by atoms with Crippen LogP contribution in [-0.2, 0) is 6.42 Å². The highest BCUT2D eigenvalue weighted by Crippen LogP contribution is 2.06. The average molecular weight is 290 g/mol. The van der Waals surface area contributed by atoms with Crippen LogP contribution in [0.5, 0.6) is 0 Å². The van der Waals surface area contributed by atoms with E-state index < -0.39 is 0 Å². The summed E-state index contributed by atoms with van der Waals surface area (Å²) >= 11 is 0. The van der Waals surface area contributed by atoms with Crippen LogP contribution in [0.1, 0.15) is 16.7 Å². The smallest absolute Gasteiger partial charge is 0.158 e. The molecule has 0 aliphatic heterocycles. The third-order valence-corrected chi connectivity index (χ3v) is 3.70. The Kier molecular flexibility index (Phi) is 6.50. The zero-order valence-corrected chi connectivity index (χ0v) is 13.4. The lowest BCUT2D eigenvalue weighted by atomic mass is 9.64. The Hall–Kier alpha value is -2.29. The van der Waals surface area contributed by atoms with Crippen LogP contribution in [0.25, 0.3) is 0 Å². The van der Waals surface area contributed by atoms with Crippen molar-refractivity contribution in [1.82, 2.24) is 9.97 Å². The summed E-state index contributed by atoms with van der Waals surface area (Å²) in [6.45, 7) is 4.33. The summed E-state index contributed by atoms with van der Waals surface area (Å²) in [5.41, 5.74) is 5.69. The van der Waals surface area contributed by atoms with Crippen molar-refractivity contribution in [3.05, 3.63) is 83.9 Å². The third-order valence-electron chi connectivity index (χ3n) is 3.70. The van der Waals surface area contributed by atoms with Gasteiger partial charge in [-0.05, 0) is 25.8 Å². The fourth-order valence-corrected chi connectivity index (χ4v) is 2.34. The second-order valence-electron chi connectivity index (χ2n) is 5.53. The molecule has 0 bridgehead atoms. The summed E-state index contributed by atoms with van der Waals surface area (Å²) < 4.78 is 0. The van der Waals surface area contributed by atoms with E-state index in [4.69, 9.17) is 0 Å². The maximum absolute atomic E-state index is 3.67. The molecule has 0 fully saturated rings. The minimum absolute atomic E-state index is 1.18. The molecule has 0 saturated carbocycles. The van der Waals surface area contributed by atoms with Crippen LogP contribution in [-0.4, -0.2) is 17.2 Å². The van der Waals surface area contributed by atoms with Gasteiger partial charge >= 0.3 is 0 Å². The van der Waals surface area contributed by atoms with Crippen molar-refractivity contribution < 1.29 is 0 Å². The van der Waals surface area contributed by atoms with Crippen LogP contribution in [0.15, 0.2) is 67.3 Å². The van der Waals surface area contributed by atoms with Gasteiger partial charge in [0.05, 0.1) is 6.33 Å². The number of aromatic amines is 1. The van der Waals surface area contributed by atoms with Crippen LogP contribution in [0.4, 0.5) is 0 Å². The Bertz CT molecular complexity index is 628. The summed E-state index contributed by atoms with van der Waals surface area (Å²) in [6, 6.07) is 17.6. The maximum atomic E-state index is 3.67. The Labute approximate surface area is 133 Å². The Balaban J connectivity index is 0.000000299. The van der Waals surface area contributed by atoms with E-state index >= 15 is 0 Å². The van der Waals surface area contributed by atoms with Gasteiger partial charge in [-0.2, -0.15) is 0 Å². The minimum atomic E-state index is 1.18. The first-order valence-electron chi connectivity index (χ1n) is 7.78. The van der Waals surface area contributed by atoms with Gasteiger partial charge in [-0.3, -0.25) is 0 Å². The average Bonchev–Trinajstić information content (AvgIpc) is 3.11. The van der Waals surface area contributed by atoms with E-state index in [1.165, 1.54) is 42.2 Å². The molecule has 0 radical (unpaired) electrons. The predicted molar refractivity (Wildman–Crippen MR) is 96.2 cm³/mol. The highest BCUT2D eigenvalue weighted by Gasteiger charge is 2.00. The number of H-pyrrole nitrogens is 1. The number of benzene rings is 2. The van der Waals surface area contributed by atoms with Crippen LogP contribution in [0.3, 0.4) is 0 Å². The van der Waals surface area contributed by atoms with Gasteiger partial charge in [0, 0.05) is 12.4 Å². The molecule has 0 atom stereocenters. The van der Waals surface area contributed by atoms with E-state index in [1.807, 2.05) is 0 Å². The quantitative estimate of drug-likeness (QED) is 0.733. The molecular formula is C19H23BN2. The molecule has 0 amide bonds. The zero-order chi connectivity index (χ0) is 15.6. The number of nitrogens with zero attached hydrogens (tertiary/aromatic N) is 1. The molecule has 0 saturated heterocycles. The predicted octanol–water partition coefficient (Wildman–Crippen LogP) is 3.44. The van der Waals surface area contributed by atoms with Crippen LogP contribution >= 0.6 is 0 Å². The number of rotatable bonds is 4. The summed E-state index contributed by atoms with van der Waals surface area (Å²) in [4.78, 5) is 6.42. The first-order chi connectivity index (χ1) is 10.8. The second kappa shape index (κ2) is 8.88. The van der Waals surface area contributed by atoms with E-state index in [0.29, 0.717) is 0 Å². The normalized spacial score (nSPS) is 9.73. The number of hydrogen-bond donors (Lipinski definition) is 1. The number of nitrogens with one attached hydrogen (secondary N) is 1. The highest BCUT2D eigenvalue weighted by atomic mass is 14.8. The van der Waals surface area contributed by atoms with Crippen LogP contribution in [0, 0.1) is 13.8 Å². The van der Waals surface area contributed by atoms with Crippen molar-refractivity contribution in [2.24, 2.45) is 0 Å². The molecule has 0 spiro atoms. The lowest BCUT2D eigenvalue weighted by Crippen LogP contribution is -2.17. The van der Waals surface area contributed by atoms with E-state index in [0.717, 1.165) is 0 Å². The first kappa shape index (κ1) is 16.1. The highest BCUT2D eigenvalue weighted by molar-refractivity contribution is 6.54. The molecule has 22 heavy (non-hydrogen) atoms. The van der Waals surface area contributed by atoms with Gasteiger partial charge in [-0.1, -0.05) is 71.4 Å². The topological polar surface area (TPSA) is 28.7 Å². The summed E-state index contributed by atoms with van der Waals surface area (Å²) in [6.07, 6.45) is 7.49. The molecule has 2 aromatic carbocycles. The molecule has 3 aromatic rings. The van der Waals surface area contributed by atoms with Crippen molar-refractivity contribution in [3.8, 4) is 0 Å². The van der Waals surface area contributed by atoms with Gasteiger partial charge in [0.15, 0.2) is 7.28 Å². The number of aryl methyl sites for hydroxylation is 3.